The van der Waals surface area contributed by atoms with E-state index in [1.165, 1.54) is 0 Å². The summed E-state index contributed by atoms with van der Waals surface area (Å²) in [5.41, 5.74) is 5.42. The van der Waals surface area contributed by atoms with Crippen molar-refractivity contribution in [2.24, 2.45) is 16.8 Å². The van der Waals surface area contributed by atoms with Gasteiger partial charge in [-0.25, -0.2) is 0 Å². The molecule has 0 radical (unpaired) electrons. The van der Waals surface area contributed by atoms with E-state index < -0.39 is 0 Å². The lowest BCUT2D eigenvalue weighted by atomic mass is 10.0. The van der Waals surface area contributed by atoms with Crippen molar-refractivity contribution in [1.29, 1.82) is 0 Å². The van der Waals surface area contributed by atoms with Gasteiger partial charge in [0.05, 0.1) is 5.60 Å². The Kier molecular flexibility index (Phi) is 6.36. The van der Waals surface area contributed by atoms with Crippen molar-refractivity contribution >= 4 is 5.84 Å². The van der Waals surface area contributed by atoms with Gasteiger partial charge in [0.2, 0.25) is 0 Å². The first-order valence-corrected chi connectivity index (χ1v) is 5.53. The van der Waals surface area contributed by atoms with E-state index in [1.54, 1.807) is 7.11 Å². The SMILES string of the molecule is COC(C)(C)CCN(C)CC(C)C(N)=NO. The molecule has 96 valence electrons. The fourth-order valence-corrected chi connectivity index (χ4v) is 1.31. The molecule has 0 fully saturated rings. The van der Waals surface area contributed by atoms with Crippen LogP contribution in [0.15, 0.2) is 5.16 Å². The number of nitrogens with zero attached hydrogens (tertiary/aromatic N) is 2. The number of oxime groups is 1. The van der Waals surface area contributed by atoms with E-state index in [2.05, 4.69) is 23.9 Å². The van der Waals surface area contributed by atoms with Gasteiger partial charge >= 0.3 is 0 Å². The highest BCUT2D eigenvalue weighted by atomic mass is 16.5. The second-order valence-corrected chi connectivity index (χ2v) is 4.90. The predicted octanol–water partition coefficient (Wildman–Crippen LogP) is 1.12. The van der Waals surface area contributed by atoms with Gasteiger partial charge in [0.25, 0.3) is 0 Å². The molecule has 0 aliphatic carbocycles. The largest absolute Gasteiger partial charge is 0.409 e. The van der Waals surface area contributed by atoms with Crippen molar-refractivity contribution in [2.75, 3.05) is 27.2 Å². The van der Waals surface area contributed by atoms with E-state index in [0.29, 0.717) is 0 Å². The average molecular weight is 231 g/mol. The summed E-state index contributed by atoms with van der Waals surface area (Å²) in [4.78, 5) is 2.16. The standard InChI is InChI=1S/C11H25N3O2/c1-9(10(12)13-15)8-14(4)7-6-11(2,3)16-5/h9,15H,6-8H2,1-5H3,(H2,12,13). The summed E-state index contributed by atoms with van der Waals surface area (Å²) in [5.74, 6) is 0.332. The molecule has 0 aromatic carbocycles. The molecule has 0 aliphatic heterocycles. The van der Waals surface area contributed by atoms with Crippen molar-refractivity contribution in [3.05, 3.63) is 0 Å². The monoisotopic (exact) mass is 231 g/mol. The molecule has 0 spiro atoms. The van der Waals surface area contributed by atoms with Crippen molar-refractivity contribution in [3.8, 4) is 0 Å². The highest BCUT2D eigenvalue weighted by Crippen LogP contribution is 2.13. The molecule has 3 N–H and O–H groups in total. The first-order valence-electron chi connectivity index (χ1n) is 5.53. The van der Waals surface area contributed by atoms with Gasteiger partial charge in [-0.15, -0.1) is 0 Å². The average Bonchev–Trinajstić information content (AvgIpc) is 2.25. The lowest BCUT2D eigenvalue weighted by Crippen LogP contribution is -2.36. The van der Waals surface area contributed by atoms with E-state index in [0.717, 1.165) is 19.5 Å². The van der Waals surface area contributed by atoms with Gasteiger partial charge in [0.15, 0.2) is 0 Å². The molecule has 1 unspecified atom stereocenters. The highest BCUT2D eigenvalue weighted by Gasteiger charge is 2.18. The van der Waals surface area contributed by atoms with Crippen LogP contribution in [0.4, 0.5) is 0 Å². The Morgan fingerprint density at radius 3 is 2.56 bits per heavy atom. The van der Waals surface area contributed by atoms with E-state index >= 15 is 0 Å². The molecule has 0 rings (SSSR count). The maximum Gasteiger partial charge on any atom is 0.143 e. The third-order valence-electron chi connectivity index (χ3n) is 2.85. The third kappa shape index (κ3) is 5.92. The predicted molar refractivity (Wildman–Crippen MR) is 65.8 cm³/mol. The lowest BCUT2D eigenvalue weighted by molar-refractivity contribution is 0.00881. The first-order chi connectivity index (χ1) is 7.32. The Morgan fingerprint density at radius 1 is 1.56 bits per heavy atom. The molecule has 0 saturated heterocycles. The fraction of sp³-hybridized carbons (Fsp3) is 0.909. The minimum absolute atomic E-state index is 0.0562. The van der Waals surface area contributed by atoms with E-state index in [1.807, 2.05) is 14.0 Å². The van der Waals surface area contributed by atoms with Gasteiger partial charge in [-0.2, -0.15) is 0 Å². The van der Waals surface area contributed by atoms with E-state index in [4.69, 9.17) is 15.7 Å². The molecule has 0 saturated carbocycles. The molecule has 0 aliphatic rings. The number of methoxy groups -OCH3 is 1. The van der Waals surface area contributed by atoms with Crippen LogP contribution in [0.2, 0.25) is 0 Å². The van der Waals surface area contributed by atoms with Crippen LogP contribution < -0.4 is 5.73 Å². The van der Waals surface area contributed by atoms with Crippen LogP contribution in [0.5, 0.6) is 0 Å². The van der Waals surface area contributed by atoms with Crippen molar-refractivity contribution in [2.45, 2.75) is 32.8 Å². The molecule has 16 heavy (non-hydrogen) atoms. The Balaban J connectivity index is 3.96. The number of hydrogen-bond acceptors (Lipinski definition) is 4. The van der Waals surface area contributed by atoms with Gasteiger partial charge in [-0.3, -0.25) is 0 Å². The van der Waals surface area contributed by atoms with Gasteiger partial charge in [0.1, 0.15) is 5.84 Å². The molecular weight excluding hydrogens is 206 g/mol. The number of rotatable bonds is 7. The van der Waals surface area contributed by atoms with Crippen LogP contribution in [0.3, 0.4) is 0 Å². The Morgan fingerprint density at radius 2 is 2.12 bits per heavy atom. The maximum atomic E-state index is 8.54. The molecule has 0 aromatic heterocycles. The Labute approximate surface area is 98.2 Å². The molecule has 0 bridgehead atoms. The maximum absolute atomic E-state index is 8.54. The smallest absolute Gasteiger partial charge is 0.143 e. The molecule has 0 heterocycles. The highest BCUT2D eigenvalue weighted by molar-refractivity contribution is 5.82. The molecule has 5 heteroatoms. The third-order valence-corrected chi connectivity index (χ3v) is 2.85. The Bertz CT molecular complexity index is 229. The molecular formula is C11H25N3O2. The zero-order chi connectivity index (χ0) is 12.8. The Hall–Kier alpha value is -0.810. The summed E-state index contributed by atoms with van der Waals surface area (Å²) in [6, 6.07) is 0. The zero-order valence-corrected chi connectivity index (χ0v) is 11.0. The van der Waals surface area contributed by atoms with Crippen LogP contribution in [-0.2, 0) is 4.74 Å². The van der Waals surface area contributed by atoms with E-state index in [9.17, 15) is 0 Å². The number of hydrogen-bond donors (Lipinski definition) is 2. The number of amidine groups is 1. The minimum atomic E-state index is -0.103. The van der Waals surface area contributed by atoms with Gasteiger partial charge in [-0.05, 0) is 27.3 Å². The summed E-state index contributed by atoms with van der Waals surface area (Å²) in [6.07, 6.45) is 0.947. The van der Waals surface area contributed by atoms with Crippen LogP contribution in [0.25, 0.3) is 0 Å². The summed E-state index contributed by atoms with van der Waals surface area (Å²) >= 11 is 0. The second kappa shape index (κ2) is 6.70. The zero-order valence-electron chi connectivity index (χ0n) is 11.0. The van der Waals surface area contributed by atoms with Crippen molar-refractivity contribution in [3.63, 3.8) is 0 Å². The molecule has 5 nitrogen and oxygen atoms in total. The number of ether oxygens (including phenoxy) is 1. The lowest BCUT2D eigenvalue weighted by Gasteiger charge is -2.27. The van der Waals surface area contributed by atoms with Crippen LogP contribution in [0, 0.1) is 5.92 Å². The summed E-state index contributed by atoms with van der Waals surface area (Å²) in [7, 11) is 3.74. The molecule has 0 amide bonds. The van der Waals surface area contributed by atoms with Crippen LogP contribution in [0.1, 0.15) is 27.2 Å². The van der Waals surface area contributed by atoms with Crippen LogP contribution in [-0.4, -0.2) is 48.8 Å². The van der Waals surface area contributed by atoms with Crippen molar-refractivity contribution in [1.82, 2.24) is 4.90 Å². The van der Waals surface area contributed by atoms with Crippen molar-refractivity contribution < 1.29 is 9.94 Å². The molecule has 0 aromatic rings. The fourth-order valence-electron chi connectivity index (χ4n) is 1.31. The minimum Gasteiger partial charge on any atom is -0.409 e. The van der Waals surface area contributed by atoms with E-state index in [-0.39, 0.29) is 17.4 Å². The summed E-state index contributed by atoms with van der Waals surface area (Å²) in [5, 5.41) is 11.5. The quantitative estimate of drug-likeness (QED) is 0.298. The van der Waals surface area contributed by atoms with Gasteiger partial charge in [-0.1, -0.05) is 12.1 Å². The first kappa shape index (κ1) is 15.2. The van der Waals surface area contributed by atoms with Crippen LogP contribution >= 0.6 is 0 Å². The number of nitrogens with two attached hydrogens (primary N) is 1. The van der Waals surface area contributed by atoms with Gasteiger partial charge < -0.3 is 20.6 Å². The molecule has 1 atom stereocenters. The normalized spacial score (nSPS) is 15.5. The second-order valence-electron chi connectivity index (χ2n) is 4.90. The summed E-state index contributed by atoms with van der Waals surface area (Å²) in [6.45, 7) is 7.76. The topological polar surface area (TPSA) is 71.1 Å². The summed E-state index contributed by atoms with van der Waals surface area (Å²) < 4.78 is 5.35. The van der Waals surface area contributed by atoms with Gasteiger partial charge in [0, 0.05) is 26.1 Å².